The number of hydrogen-bond acceptors (Lipinski definition) is 5. The van der Waals surface area contributed by atoms with Gasteiger partial charge in [0.2, 0.25) is 5.91 Å². The lowest BCUT2D eigenvalue weighted by Crippen LogP contribution is -2.53. The number of carbonyl (C=O) groups excluding carboxylic acids is 1. The molecule has 4 unspecified atom stereocenters. The molecular weight excluding hydrogens is 827 g/mol. The van der Waals surface area contributed by atoms with E-state index in [1.807, 2.05) is 0 Å². The second-order valence-electron chi connectivity index (χ2n) is 21.8. The minimum atomic E-state index is -1.26. The predicted molar refractivity (Wildman–Crippen MR) is 293 cm³/mol. The summed E-state index contributed by atoms with van der Waals surface area (Å²) in [5, 5.41) is 44.1. The van der Waals surface area contributed by atoms with Gasteiger partial charge in [-0.25, -0.2) is 0 Å². The van der Waals surface area contributed by atoms with E-state index in [0.29, 0.717) is 12.8 Å². The summed E-state index contributed by atoms with van der Waals surface area (Å²) in [7, 11) is 0. The van der Waals surface area contributed by atoms with Crippen LogP contribution in [-0.4, -0.2) is 57.3 Å². The molecule has 6 nitrogen and oxygen atoms in total. The quantitative estimate of drug-likeness (QED) is 0.0390. The number of aliphatic hydroxyl groups is 4. The molecule has 1 amide bonds. The molecule has 0 aromatic rings. The third kappa shape index (κ3) is 50.1. The topological polar surface area (TPSA) is 110 Å². The van der Waals surface area contributed by atoms with Crippen LogP contribution in [0.2, 0.25) is 0 Å². The third-order valence-electron chi connectivity index (χ3n) is 15.1. The van der Waals surface area contributed by atoms with Crippen LogP contribution >= 0.6 is 0 Å². The first kappa shape index (κ1) is 66.3. The highest BCUT2D eigenvalue weighted by atomic mass is 16.3. The molecule has 0 aromatic carbocycles. The normalized spacial score (nSPS) is 13.6. The number of unbranched alkanes of at least 4 members (excludes halogenated alkanes) is 49. The molecule has 4 atom stereocenters. The van der Waals surface area contributed by atoms with Crippen molar-refractivity contribution in [3.05, 3.63) is 0 Å². The summed E-state index contributed by atoms with van der Waals surface area (Å²) in [6, 6.07) is -0.981. The maximum absolute atomic E-state index is 12.6. The van der Waals surface area contributed by atoms with E-state index in [-0.39, 0.29) is 0 Å². The van der Waals surface area contributed by atoms with Crippen LogP contribution in [0.25, 0.3) is 0 Å². The van der Waals surface area contributed by atoms with Crippen molar-refractivity contribution in [2.75, 3.05) is 6.61 Å². The number of amides is 1. The second kappa shape index (κ2) is 56.2. The van der Waals surface area contributed by atoms with E-state index in [4.69, 9.17) is 0 Å². The molecule has 5 N–H and O–H groups in total. The van der Waals surface area contributed by atoms with E-state index in [2.05, 4.69) is 19.2 Å². The van der Waals surface area contributed by atoms with Crippen molar-refractivity contribution in [1.82, 2.24) is 5.32 Å². The van der Waals surface area contributed by atoms with Crippen LogP contribution in [0.15, 0.2) is 0 Å². The van der Waals surface area contributed by atoms with Gasteiger partial charge >= 0.3 is 0 Å². The number of rotatable bonds is 58. The van der Waals surface area contributed by atoms with Gasteiger partial charge < -0.3 is 25.7 Å². The molecule has 402 valence electrons. The largest absolute Gasteiger partial charge is 0.394 e. The summed E-state index contributed by atoms with van der Waals surface area (Å²) in [4.78, 5) is 12.6. The molecule has 6 heteroatoms. The third-order valence-corrected chi connectivity index (χ3v) is 15.1. The van der Waals surface area contributed by atoms with Crippen molar-refractivity contribution in [1.29, 1.82) is 0 Å². The summed E-state index contributed by atoms with van der Waals surface area (Å²) in [5.74, 6) is -0.574. The number of nitrogens with one attached hydrogen (secondary N) is 1. The van der Waals surface area contributed by atoms with Crippen LogP contribution < -0.4 is 5.32 Å². The van der Waals surface area contributed by atoms with Crippen molar-refractivity contribution < 1.29 is 25.2 Å². The molecule has 67 heavy (non-hydrogen) atoms. The zero-order chi connectivity index (χ0) is 48.8. The summed E-state index contributed by atoms with van der Waals surface area (Å²) in [5.41, 5.74) is 0. The minimum absolute atomic E-state index is 0.377. The fourth-order valence-corrected chi connectivity index (χ4v) is 10.2. The standard InChI is InChI=1S/C61H123NO5/c1-3-5-7-9-11-13-15-17-19-21-23-25-27-28-29-30-31-32-33-35-37-39-41-43-45-47-49-51-53-55-59(65)61(67)62-57(56-63)60(66)58(64)54-52-50-48-46-44-42-40-38-36-34-26-24-22-20-18-16-14-12-10-8-6-4-2/h57-60,63-66H,3-56H2,1-2H3,(H,62,67). The molecule has 0 saturated heterocycles. The van der Waals surface area contributed by atoms with Crippen molar-refractivity contribution in [3.63, 3.8) is 0 Å². The highest BCUT2D eigenvalue weighted by molar-refractivity contribution is 5.80. The summed E-state index contributed by atoms with van der Waals surface area (Å²) in [6.07, 6.45) is 66.2. The monoisotopic (exact) mass is 950 g/mol. The number of carbonyl (C=O) groups is 1. The average Bonchev–Trinajstić information content (AvgIpc) is 3.33. The molecule has 0 aliphatic heterocycles. The zero-order valence-corrected chi connectivity index (χ0v) is 45.7. The van der Waals surface area contributed by atoms with Gasteiger partial charge in [-0.15, -0.1) is 0 Å². The number of hydrogen-bond donors (Lipinski definition) is 5. The maximum Gasteiger partial charge on any atom is 0.249 e. The van der Waals surface area contributed by atoms with Gasteiger partial charge in [-0.2, -0.15) is 0 Å². The first-order chi connectivity index (χ1) is 33.0. The van der Waals surface area contributed by atoms with Gasteiger partial charge in [-0.05, 0) is 12.8 Å². The minimum Gasteiger partial charge on any atom is -0.394 e. The molecule has 0 saturated carbocycles. The Labute approximate surface area is 420 Å². The molecular formula is C61H123NO5. The summed E-state index contributed by atoms with van der Waals surface area (Å²) < 4.78 is 0. The lowest BCUT2D eigenvalue weighted by atomic mass is 9.99. The Morgan fingerprint density at radius 3 is 0.716 bits per heavy atom. The summed E-state index contributed by atoms with van der Waals surface area (Å²) in [6.45, 7) is 4.11. The molecule has 0 aromatic heterocycles. The zero-order valence-electron chi connectivity index (χ0n) is 45.7. The SMILES string of the molecule is CCCCCCCCCCCCCCCCCCCCCCCCCCCCCCCC(O)C(=O)NC(CO)C(O)C(O)CCCCCCCCCCCCCCCCCCCCCCCC. The van der Waals surface area contributed by atoms with Crippen molar-refractivity contribution in [2.24, 2.45) is 0 Å². The van der Waals surface area contributed by atoms with E-state index >= 15 is 0 Å². The van der Waals surface area contributed by atoms with Crippen LogP contribution in [-0.2, 0) is 4.79 Å². The molecule has 0 aliphatic rings. The molecule has 0 spiro atoms. The first-order valence-electron chi connectivity index (χ1n) is 30.9. The molecule has 0 aliphatic carbocycles. The van der Waals surface area contributed by atoms with Gasteiger partial charge in [-0.1, -0.05) is 341 Å². The maximum atomic E-state index is 12.6. The highest BCUT2D eigenvalue weighted by Gasteiger charge is 2.28. The fraction of sp³-hybridized carbons (Fsp3) is 0.984. The van der Waals surface area contributed by atoms with Crippen molar-refractivity contribution >= 4 is 5.91 Å². The van der Waals surface area contributed by atoms with E-state index in [1.54, 1.807) is 0 Å². The van der Waals surface area contributed by atoms with Gasteiger partial charge in [0.25, 0.3) is 0 Å². The van der Waals surface area contributed by atoms with Gasteiger partial charge in [0.05, 0.1) is 18.8 Å². The second-order valence-corrected chi connectivity index (χ2v) is 21.8. The van der Waals surface area contributed by atoms with Crippen LogP contribution in [0.4, 0.5) is 0 Å². The van der Waals surface area contributed by atoms with E-state index in [0.717, 1.165) is 38.5 Å². The van der Waals surface area contributed by atoms with Gasteiger partial charge in [0.15, 0.2) is 0 Å². The van der Waals surface area contributed by atoms with Crippen molar-refractivity contribution in [2.45, 2.75) is 379 Å². The molecule has 0 radical (unpaired) electrons. The highest BCUT2D eigenvalue weighted by Crippen LogP contribution is 2.19. The fourth-order valence-electron chi connectivity index (χ4n) is 10.2. The van der Waals surface area contributed by atoms with E-state index < -0.39 is 36.9 Å². The first-order valence-corrected chi connectivity index (χ1v) is 30.9. The van der Waals surface area contributed by atoms with Crippen molar-refractivity contribution in [3.8, 4) is 0 Å². The Morgan fingerprint density at radius 2 is 0.507 bits per heavy atom. The van der Waals surface area contributed by atoms with Crippen LogP contribution in [0, 0.1) is 0 Å². The molecule has 0 heterocycles. The molecule has 0 fully saturated rings. The van der Waals surface area contributed by atoms with Gasteiger partial charge in [0.1, 0.15) is 12.2 Å². The molecule has 0 bridgehead atoms. The Hall–Kier alpha value is -0.690. The van der Waals surface area contributed by atoms with E-state index in [1.165, 1.54) is 289 Å². The molecule has 0 rings (SSSR count). The Morgan fingerprint density at radius 1 is 0.313 bits per heavy atom. The lowest BCUT2D eigenvalue weighted by Gasteiger charge is -2.27. The Balaban J connectivity index is 3.54. The smallest absolute Gasteiger partial charge is 0.249 e. The average molecular weight is 951 g/mol. The van der Waals surface area contributed by atoms with Crippen LogP contribution in [0.5, 0.6) is 0 Å². The van der Waals surface area contributed by atoms with Gasteiger partial charge in [-0.3, -0.25) is 4.79 Å². The number of aliphatic hydroxyl groups excluding tert-OH is 4. The van der Waals surface area contributed by atoms with Crippen LogP contribution in [0.1, 0.15) is 354 Å². The predicted octanol–water partition coefficient (Wildman–Crippen LogP) is 18.3. The lowest BCUT2D eigenvalue weighted by molar-refractivity contribution is -0.132. The summed E-state index contributed by atoms with van der Waals surface area (Å²) >= 11 is 0. The van der Waals surface area contributed by atoms with Crippen LogP contribution in [0.3, 0.4) is 0 Å². The Bertz CT molecular complexity index is 933. The van der Waals surface area contributed by atoms with Gasteiger partial charge in [0, 0.05) is 0 Å². The van der Waals surface area contributed by atoms with E-state index in [9.17, 15) is 25.2 Å². The Kier molecular flexibility index (Phi) is 55.6.